The zero-order valence-electron chi connectivity index (χ0n) is 9.25. The van der Waals surface area contributed by atoms with Gasteiger partial charge in [0.25, 0.3) is 0 Å². The molecule has 0 aromatic rings. The van der Waals surface area contributed by atoms with Crippen LogP contribution in [0.25, 0.3) is 0 Å². The molecule has 0 spiro atoms. The van der Waals surface area contributed by atoms with Gasteiger partial charge in [0.2, 0.25) is 0 Å². The highest BCUT2D eigenvalue weighted by Gasteiger charge is 2.37. The topological polar surface area (TPSA) is 46.5 Å². The molecule has 82 valence electrons. The van der Waals surface area contributed by atoms with Crippen LogP contribution >= 0.6 is 0 Å². The van der Waals surface area contributed by atoms with Gasteiger partial charge in [0.05, 0.1) is 19.1 Å². The van der Waals surface area contributed by atoms with Gasteiger partial charge in [0.15, 0.2) is 0 Å². The van der Waals surface area contributed by atoms with Crippen LogP contribution in [0.2, 0.25) is 0 Å². The first-order valence-corrected chi connectivity index (χ1v) is 5.23. The molecule has 1 N–H and O–H groups in total. The summed E-state index contributed by atoms with van der Waals surface area (Å²) in [7, 11) is 0. The summed E-state index contributed by atoms with van der Waals surface area (Å²) in [5.74, 6) is -0.420. The van der Waals surface area contributed by atoms with Gasteiger partial charge in [0, 0.05) is 5.41 Å². The van der Waals surface area contributed by atoms with Crippen molar-refractivity contribution in [2.45, 2.75) is 33.6 Å². The van der Waals surface area contributed by atoms with E-state index < -0.39 is 5.97 Å². The third-order valence-corrected chi connectivity index (χ3v) is 2.75. The molecule has 1 heterocycles. The Labute approximate surface area is 85.5 Å². The lowest BCUT2D eigenvalue weighted by Crippen LogP contribution is -2.42. The number of ether oxygens (including phenoxy) is 1. The van der Waals surface area contributed by atoms with Gasteiger partial charge >= 0.3 is 5.97 Å². The Kier molecular flexibility index (Phi) is 3.53. The number of carboxylic acids is 1. The van der Waals surface area contributed by atoms with Gasteiger partial charge in [-0.25, -0.2) is 0 Å². The fraction of sp³-hybridized carbons (Fsp3) is 0.909. The lowest BCUT2D eigenvalue weighted by molar-refractivity contribution is -0.150. The van der Waals surface area contributed by atoms with Crippen LogP contribution in [0.4, 0.5) is 0 Å². The number of carbonyl (C=O) groups is 1. The van der Waals surface area contributed by atoms with Crippen molar-refractivity contribution in [3.05, 3.63) is 0 Å². The second kappa shape index (κ2) is 4.30. The first-order chi connectivity index (χ1) is 6.43. The Morgan fingerprint density at radius 3 is 2.36 bits per heavy atom. The summed E-state index contributed by atoms with van der Waals surface area (Å²) in [5, 5.41) is 9.06. The first kappa shape index (κ1) is 11.5. The molecular formula is C11H20O3. The maximum absolute atomic E-state index is 11.0. The molecule has 1 unspecified atom stereocenters. The van der Waals surface area contributed by atoms with Crippen LogP contribution in [-0.2, 0) is 9.53 Å². The van der Waals surface area contributed by atoms with Crippen LogP contribution in [0, 0.1) is 17.3 Å². The summed E-state index contributed by atoms with van der Waals surface area (Å²) in [6, 6.07) is 0. The van der Waals surface area contributed by atoms with Gasteiger partial charge in [-0.05, 0) is 18.8 Å². The quantitative estimate of drug-likeness (QED) is 0.739. The minimum absolute atomic E-state index is 0.109. The van der Waals surface area contributed by atoms with Gasteiger partial charge in [-0.15, -0.1) is 0 Å². The molecule has 1 aliphatic heterocycles. The average Bonchev–Trinajstić information content (AvgIpc) is 1.99. The second-order valence-corrected chi connectivity index (χ2v) is 5.17. The lowest BCUT2D eigenvalue weighted by atomic mass is 9.77. The minimum Gasteiger partial charge on any atom is -0.481 e. The highest BCUT2D eigenvalue weighted by Crippen LogP contribution is 2.35. The van der Waals surface area contributed by atoms with E-state index in [4.69, 9.17) is 9.84 Å². The summed E-state index contributed by atoms with van der Waals surface area (Å²) < 4.78 is 5.13. The van der Waals surface area contributed by atoms with Crippen molar-refractivity contribution in [3.63, 3.8) is 0 Å². The molecule has 3 nitrogen and oxygen atoms in total. The Hall–Kier alpha value is -0.570. The van der Waals surface area contributed by atoms with Crippen molar-refractivity contribution in [1.82, 2.24) is 0 Å². The first-order valence-electron chi connectivity index (χ1n) is 5.23. The summed E-state index contributed by atoms with van der Waals surface area (Å²) in [5.41, 5.74) is 0.109. The fourth-order valence-corrected chi connectivity index (χ4v) is 2.00. The molecule has 3 heteroatoms. The van der Waals surface area contributed by atoms with Crippen LogP contribution < -0.4 is 0 Å². The fourth-order valence-electron chi connectivity index (χ4n) is 2.00. The Bertz CT molecular complexity index is 207. The van der Waals surface area contributed by atoms with Crippen LogP contribution in [0.5, 0.6) is 0 Å². The molecule has 0 saturated carbocycles. The van der Waals surface area contributed by atoms with E-state index in [2.05, 4.69) is 20.8 Å². The molecule has 14 heavy (non-hydrogen) atoms. The largest absolute Gasteiger partial charge is 0.481 e. The third kappa shape index (κ3) is 2.98. The lowest BCUT2D eigenvalue weighted by Gasteiger charge is -2.40. The predicted octanol–water partition coefficient (Wildman–Crippen LogP) is 2.16. The van der Waals surface area contributed by atoms with E-state index in [1.807, 2.05) is 0 Å². The summed E-state index contributed by atoms with van der Waals surface area (Å²) in [4.78, 5) is 11.0. The highest BCUT2D eigenvalue weighted by molar-refractivity contribution is 5.70. The smallest absolute Gasteiger partial charge is 0.306 e. The van der Waals surface area contributed by atoms with Gasteiger partial charge in [0.1, 0.15) is 0 Å². The van der Waals surface area contributed by atoms with Crippen molar-refractivity contribution in [2.75, 3.05) is 13.2 Å². The molecule has 1 rings (SSSR count). The van der Waals surface area contributed by atoms with Crippen LogP contribution in [0.1, 0.15) is 33.6 Å². The van der Waals surface area contributed by atoms with Crippen molar-refractivity contribution in [3.8, 4) is 0 Å². The number of hydrogen-bond donors (Lipinski definition) is 1. The van der Waals surface area contributed by atoms with E-state index in [9.17, 15) is 4.79 Å². The predicted molar refractivity (Wildman–Crippen MR) is 54.1 cm³/mol. The van der Waals surface area contributed by atoms with Crippen LogP contribution in [0.3, 0.4) is 0 Å². The molecule has 0 aromatic carbocycles. The number of rotatable bonds is 5. The van der Waals surface area contributed by atoms with Gasteiger partial charge in [-0.2, -0.15) is 0 Å². The van der Waals surface area contributed by atoms with E-state index in [-0.39, 0.29) is 11.3 Å². The molecule has 1 fully saturated rings. The van der Waals surface area contributed by atoms with Crippen molar-refractivity contribution >= 4 is 5.97 Å². The molecule has 0 aromatic heterocycles. The van der Waals surface area contributed by atoms with Crippen LogP contribution in [-0.4, -0.2) is 24.3 Å². The molecule has 0 radical (unpaired) electrons. The molecule has 0 bridgehead atoms. The maximum Gasteiger partial charge on any atom is 0.306 e. The van der Waals surface area contributed by atoms with E-state index in [0.717, 1.165) is 26.1 Å². The molecule has 0 amide bonds. The molecule has 1 atom stereocenters. The van der Waals surface area contributed by atoms with Crippen molar-refractivity contribution < 1.29 is 14.6 Å². The third-order valence-electron chi connectivity index (χ3n) is 2.75. The normalized spacial score (nSPS) is 21.7. The van der Waals surface area contributed by atoms with Crippen molar-refractivity contribution in [2.24, 2.45) is 17.3 Å². The Balaban J connectivity index is 2.46. The van der Waals surface area contributed by atoms with Crippen molar-refractivity contribution in [1.29, 1.82) is 0 Å². The van der Waals surface area contributed by atoms with Gasteiger partial charge in [-0.1, -0.05) is 20.8 Å². The molecular weight excluding hydrogens is 180 g/mol. The van der Waals surface area contributed by atoms with E-state index in [0.29, 0.717) is 5.92 Å². The SMILES string of the molecule is CC(C)CC(CC1(C)COC1)C(=O)O. The summed E-state index contributed by atoms with van der Waals surface area (Å²) >= 11 is 0. The minimum atomic E-state index is -0.660. The maximum atomic E-state index is 11.0. The van der Waals surface area contributed by atoms with Crippen LogP contribution in [0.15, 0.2) is 0 Å². The standard InChI is InChI=1S/C11H20O3/c1-8(2)4-9(10(12)13)5-11(3)6-14-7-11/h8-9H,4-7H2,1-3H3,(H,12,13). The number of carboxylic acid groups (broad SMARTS) is 1. The molecule has 1 saturated heterocycles. The van der Waals surface area contributed by atoms with E-state index in [1.165, 1.54) is 0 Å². The number of hydrogen-bond acceptors (Lipinski definition) is 2. The highest BCUT2D eigenvalue weighted by atomic mass is 16.5. The second-order valence-electron chi connectivity index (χ2n) is 5.17. The van der Waals surface area contributed by atoms with Gasteiger partial charge < -0.3 is 9.84 Å². The summed E-state index contributed by atoms with van der Waals surface area (Å²) in [6.07, 6.45) is 1.52. The zero-order chi connectivity index (χ0) is 10.8. The molecule has 0 aliphatic carbocycles. The monoisotopic (exact) mass is 200 g/mol. The van der Waals surface area contributed by atoms with E-state index in [1.54, 1.807) is 0 Å². The zero-order valence-corrected chi connectivity index (χ0v) is 9.25. The Morgan fingerprint density at radius 2 is 2.07 bits per heavy atom. The molecule has 1 aliphatic rings. The van der Waals surface area contributed by atoms with Gasteiger partial charge in [-0.3, -0.25) is 4.79 Å². The Morgan fingerprint density at radius 1 is 1.50 bits per heavy atom. The number of aliphatic carboxylic acids is 1. The average molecular weight is 200 g/mol. The summed E-state index contributed by atoms with van der Waals surface area (Å²) in [6.45, 7) is 7.67. The van der Waals surface area contributed by atoms with E-state index >= 15 is 0 Å².